The number of nitrogens with zero attached hydrogens (tertiary/aromatic N) is 1. The van der Waals surface area contributed by atoms with Crippen molar-refractivity contribution in [3.8, 4) is 5.75 Å². The zero-order chi connectivity index (χ0) is 21.6. The topological polar surface area (TPSA) is 53.6 Å². The summed E-state index contributed by atoms with van der Waals surface area (Å²) in [6.07, 6.45) is 7.50. The molecule has 0 radical (unpaired) electrons. The number of hydrogen-bond acceptors (Lipinski definition) is 3. The summed E-state index contributed by atoms with van der Waals surface area (Å²) in [7, 11) is 4.29. The van der Waals surface area contributed by atoms with Crippen LogP contribution in [-0.4, -0.2) is 43.7 Å². The third kappa shape index (κ3) is 6.23. The van der Waals surface area contributed by atoms with Crippen LogP contribution in [0, 0.1) is 5.92 Å². The SMILES string of the molecule is CN(C)CC1CCc2cc(NC(=O)NC3CCC(Oc4ccccc4)CC3)ccc2C1. The number of nitrogens with one attached hydrogen (secondary N) is 2. The molecule has 31 heavy (non-hydrogen) atoms. The van der Waals surface area contributed by atoms with E-state index in [2.05, 4.69) is 41.8 Å². The van der Waals surface area contributed by atoms with Crippen LogP contribution >= 0.6 is 0 Å². The number of benzene rings is 2. The highest BCUT2D eigenvalue weighted by molar-refractivity contribution is 5.89. The molecule has 4 rings (SSSR count). The molecule has 0 aromatic heterocycles. The second-order valence-corrected chi connectivity index (χ2v) is 9.36. The lowest BCUT2D eigenvalue weighted by Crippen LogP contribution is -2.41. The molecule has 0 heterocycles. The van der Waals surface area contributed by atoms with Crippen LogP contribution < -0.4 is 15.4 Å². The number of carbonyl (C=O) groups is 1. The summed E-state index contributed by atoms with van der Waals surface area (Å²) in [5.74, 6) is 1.66. The summed E-state index contributed by atoms with van der Waals surface area (Å²) in [6, 6.07) is 16.5. The summed E-state index contributed by atoms with van der Waals surface area (Å²) in [5.41, 5.74) is 3.70. The zero-order valence-corrected chi connectivity index (χ0v) is 18.8. The highest BCUT2D eigenvalue weighted by Crippen LogP contribution is 2.28. The first kappa shape index (κ1) is 21.7. The number of hydrogen-bond donors (Lipinski definition) is 2. The Morgan fingerprint density at radius 2 is 1.77 bits per heavy atom. The van der Waals surface area contributed by atoms with Crippen LogP contribution in [0.3, 0.4) is 0 Å². The summed E-state index contributed by atoms with van der Waals surface area (Å²) in [6.45, 7) is 1.14. The Hall–Kier alpha value is -2.53. The van der Waals surface area contributed by atoms with Gasteiger partial charge in [-0.25, -0.2) is 4.79 Å². The molecule has 166 valence electrons. The second kappa shape index (κ2) is 10.2. The first-order chi connectivity index (χ1) is 15.0. The van der Waals surface area contributed by atoms with E-state index < -0.39 is 0 Å². The molecule has 2 aromatic carbocycles. The predicted octanol–water partition coefficient (Wildman–Crippen LogP) is 4.86. The minimum Gasteiger partial charge on any atom is -0.490 e. The molecule has 1 unspecified atom stereocenters. The molecule has 2 aliphatic carbocycles. The summed E-state index contributed by atoms with van der Waals surface area (Å²) >= 11 is 0. The number of carbonyl (C=O) groups excluding carboxylic acids is 1. The molecule has 2 aromatic rings. The highest BCUT2D eigenvalue weighted by Gasteiger charge is 2.24. The van der Waals surface area contributed by atoms with Crippen LogP contribution in [0.2, 0.25) is 0 Å². The molecule has 0 bridgehead atoms. The van der Waals surface area contributed by atoms with Gasteiger partial charge in [-0.05, 0) is 100 Å². The molecule has 1 fully saturated rings. The molecule has 1 saturated carbocycles. The van der Waals surface area contributed by atoms with Crippen LogP contribution in [0.15, 0.2) is 48.5 Å². The fourth-order valence-electron chi connectivity index (χ4n) is 4.95. The number of amides is 2. The first-order valence-electron chi connectivity index (χ1n) is 11.6. The Labute approximate surface area is 186 Å². The Bertz CT molecular complexity index is 860. The van der Waals surface area contributed by atoms with Crippen molar-refractivity contribution in [2.75, 3.05) is 26.0 Å². The molecule has 2 N–H and O–H groups in total. The fourth-order valence-corrected chi connectivity index (χ4v) is 4.95. The van der Waals surface area contributed by atoms with Gasteiger partial charge in [0.2, 0.25) is 0 Å². The zero-order valence-electron chi connectivity index (χ0n) is 18.8. The normalized spacial score (nSPS) is 23.1. The monoisotopic (exact) mass is 421 g/mol. The van der Waals surface area contributed by atoms with E-state index >= 15 is 0 Å². The molecule has 1 atom stereocenters. The lowest BCUT2D eigenvalue weighted by Gasteiger charge is -2.29. The van der Waals surface area contributed by atoms with Crippen molar-refractivity contribution in [1.82, 2.24) is 10.2 Å². The number of aryl methyl sites for hydroxylation is 1. The van der Waals surface area contributed by atoms with Gasteiger partial charge in [0.15, 0.2) is 0 Å². The van der Waals surface area contributed by atoms with Crippen molar-refractivity contribution in [3.05, 3.63) is 59.7 Å². The largest absolute Gasteiger partial charge is 0.490 e. The number of ether oxygens (including phenoxy) is 1. The van der Waals surface area contributed by atoms with Gasteiger partial charge in [0.05, 0.1) is 6.10 Å². The van der Waals surface area contributed by atoms with E-state index in [0.29, 0.717) is 0 Å². The van der Waals surface area contributed by atoms with Crippen LogP contribution in [0.4, 0.5) is 10.5 Å². The maximum Gasteiger partial charge on any atom is 0.319 e. The van der Waals surface area contributed by atoms with Gasteiger partial charge < -0.3 is 20.3 Å². The molecule has 2 aliphatic rings. The van der Waals surface area contributed by atoms with E-state index in [1.54, 1.807) is 0 Å². The van der Waals surface area contributed by atoms with Gasteiger partial charge in [-0.15, -0.1) is 0 Å². The standard InChI is InChI=1S/C26H35N3O2/c1-29(2)18-19-8-9-21-17-23(11-10-20(21)16-19)28-26(30)27-22-12-14-25(15-13-22)31-24-6-4-3-5-7-24/h3-7,10-11,17,19,22,25H,8-9,12-16,18H2,1-2H3,(H2,27,28,30). The lowest BCUT2D eigenvalue weighted by atomic mass is 9.83. The van der Waals surface area contributed by atoms with Crippen LogP contribution in [0.5, 0.6) is 5.75 Å². The Kier molecular flexibility index (Phi) is 7.13. The molecule has 5 nitrogen and oxygen atoms in total. The van der Waals surface area contributed by atoms with Gasteiger partial charge in [-0.3, -0.25) is 0 Å². The second-order valence-electron chi connectivity index (χ2n) is 9.36. The van der Waals surface area contributed by atoms with Gasteiger partial charge >= 0.3 is 6.03 Å². The average Bonchev–Trinajstić information content (AvgIpc) is 2.75. The molecule has 0 spiro atoms. The van der Waals surface area contributed by atoms with Crippen molar-refractivity contribution in [2.24, 2.45) is 5.92 Å². The van der Waals surface area contributed by atoms with Crippen LogP contribution in [-0.2, 0) is 12.8 Å². The lowest BCUT2D eigenvalue weighted by molar-refractivity contribution is 0.141. The van der Waals surface area contributed by atoms with Gasteiger partial charge in [-0.1, -0.05) is 24.3 Å². The number of fused-ring (bicyclic) bond motifs is 1. The molecule has 5 heteroatoms. The molecular weight excluding hydrogens is 386 g/mol. The van der Waals surface area contributed by atoms with Crippen LogP contribution in [0.25, 0.3) is 0 Å². The highest BCUT2D eigenvalue weighted by atomic mass is 16.5. The summed E-state index contributed by atoms with van der Waals surface area (Å²) in [5, 5.41) is 6.19. The van der Waals surface area contributed by atoms with Crippen molar-refractivity contribution in [3.63, 3.8) is 0 Å². The average molecular weight is 422 g/mol. The Balaban J connectivity index is 1.23. The van der Waals surface area contributed by atoms with Gasteiger partial charge in [-0.2, -0.15) is 0 Å². The van der Waals surface area contributed by atoms with Crippen molar-refractivity contribution >= 4 is 11.7 Å². The number of rotatable bonds is 6. The van der Waals surface area contributed by atoms with E-state index in [4.69, 9.17) is 4.74 Å². The van der Waals surface area contributed by atoms with E-state index in [1.807, 2.05) is 36.4 Å². The van der Waals surface area contributed by atoms with E-state index in [9.17, 15) is 4.79 Å². The molecule has 2 amide bonds. The number of urea groups is 1. The molecule has 0 saturated heterocycles. The summed E-state index contributed by atoms with van der Waals surface area (Å²) < 4.78 is 6.05. The van der Waals surface area contributed by atoms with Gasteiger partial charge in [0.1, 0.15) is 5.75 Å². The molecular formula is C26H35N3O2. The third-order valence-corrected chi connectivity index (χ3v) is 6.47. The first-order valence-corrected chi connectivity index (χ1v) is 11.6. The third-order valence-electron chi connectivity index (χ3n) is 6.47. The maximum atomic E-state index is 12.5. The van der Waals surface area contributed by atoms with E-state index in [0.717, 1.165) is 62.4 Å². The van der Waals surface area contributed by atoms with Crippen molar-refractivity contribution in [1.29, 1.82) is 0 Å². The minimum absolute atomic E-state index is 0.103. The van der Waals surface area contributed by atoms with E-state index in [-0.39, 0.29) is 18.2 Å². The van der Waals surface area contributed by atoms with Crippen LogP contribution in [0.1, 0.15) is 43.2 Å². The van der Waals surface area contributed by atoms with E-state index in [1.165, 1.54) is 17.5 Å². The summed E-state index contributed by atoms with van der Waals surface area (Å²) in [4.78, 5) is 14.8. The Morgan fingerprint density at radius 3 is 2.52 bits per heavy atom. The fraction of sp³-hybridized carbons (Fsp3) is 0.500. The molecule has 0 aliphatic heterocycles. The number of para-hydroxylation sites is 1. The van der Waals surface area contributed by atoms with Crippen molar-refractivity contribution < 1.29 is 9.53 Å². The Morgan fingerprint density at radius 1 is 1.00 bits per heavy atom. The smallest absolute Gasteiger partial charge is 0.319 e. The number of anilines is 1. The van der Waals surface area contributed by atoms with Gasteiger partial charge in [0, 0.05) is 18.3 Å². The van der Waals surface area contributed by atoms with Crippen molar-refractivity contribution in [2.45, 2.75) is 57.1 Å². The minimum atomic E-state index is -0.103. The van der Waals surface area contributed by atoms with Gasteiger partial charge in [0.25, 0.3) is 0 Å². The quantitative estimate of drug-likeness (QED) is 0.700. The maximum absolute atomic E-state index is 12.5. The predicted molar refractivity (Wildman–Crippen MR) is 126 cm³/mol.